The number of carbonyl (C=O) groups is 1. The van der Waals surface area contributed by atoms with Gasteiger partial charge in [0.15, 0.2) is 9.84 Å². The van der Waals surface area contributed by atoms with Crippen LogP contribution in [0.25, 0.3) is 0 Å². The van der Waals surface area contributed by atoms with Crippen LogP contribution >= 0.6 is 0 Å². The highest BCUT2D eigenvalue weighted by atomic mass is 32.2. The average molecular weight is 338 g/mol. The van der Waals surface area contributed by atoms with E-state index < -0.39 is 9.84 Å². The molecule has 2 aliphatic heterocycles. The van der Waals surface area contributed by atoms with Gasteiger partial charge in [-0.15, -0.1) is 0 Å². The van der Waals surface area contributed by atoms with Gasteiger partial charge in [0.1, 0.15) is 5.69 Å². The number of aromatic nitrogens is 2. The monoisotopic (exact) mass is 338 g/mol. The summed E-state index contributed by atoms with van der Waals surface area (Å²) in [6, 6.07) is 1.51. The second-order valence-electron chi connectivity index (χ2n) is 6.32. The number of hydrogen-bond acceptors (Lipinski definition) is 6. The molecule has 1 N–H and O–H groups in total. The molecule has 7 nitrogen and oxygen atoms in total. The van der Waals surface area contributed by atoms with Gasteiger partial charge in [0, 0.05) is 24.8 Å². The minimum Gasteiger partial charge on any atom is -0.350 e. The molecule has 0 aliphatic carbocycles. The minimum atomic E-state index is -2.96. The van der Waals surface area contributed by atoms with Crippen molar-refractivity contribution in [3.63, 3.8) is 0 Å². The van der Waals surface area contributed by atoms with Crippen molar-refractivity contribution in [2.45, 2.75) is 38.6 Å². The molecule has 2 aliphatic rings. The molecule has 0 aromatic carbocycles. The van der Waals surface area contributed by atoms with Crippen LogP contribution in [0, 0.1) is 6.92 Å². The molecule has 1 amide bonds. The first-order valence-corrected chi connectivity index (χ1v) is 9.87. The van der Waals surface area contributed by atoms with Crippen molar-refractivity contribution in [1.29, 1.82) is 0 Å². The first-order chi connectivity index (χ1) is 10.9. The van der Waals surface area contributed by atoms with Crippen molar-refractivity contribution in [1.82, 2.24) is 14.9 Å². The zero-order chi connectivity index (χ0) is 16.4. The van der Waals surface area contributed by atoms with E-state index in [0.717, 1.165) is 32.4 Å². The van der Waals surface area contributed by atoms with Crippen LogP contribution in [0.1, 0.15) is 41.9 Å². The fraction of sp³-hybridized carbons (Fsp3) is 0.667. The number of likely N-dealkylation sites (tertiary alicyclic amines) is 1. The van der Waals surface area contributed by atoms with Crippen LogP contribution in [0.4, 0.5) is 5.95 Å². The first kappa shape index (κ1) is 16.2. The van der Waals surface area contributed by atoms with Gasteiger partial charge >= 0.3 is 0 Å². The number of anilines is 1. The Morgan fingerprint density at radius 2 is 2.00 bits per heavy atom. The van der Waals surface area contributed by atoms with Gasteiger partial charge in [-0.05, 0) is 38.7 Å². The summed E-state index contributed by atoms with van der Waals surface area (Å²) in [4.78, 5) is 23.0. The van der Waals surface area contributed by atoms with Gasteiger partial charge in [0.2, 0.25) is 5.95 Å². The lowest BCUT2D eigenvalue weighted by Gasteiger charge is -2.26. The fourth-order valence-electron chi connectivity index (χ4n) is 3.09. The third kappa shape index (κ3) is 3.99. The molecule has 0 spiro atoms. The summed E-state index contributed by atoms with van der Waals surface area (Å²) in [5.41, 5.74) is 1.08. The molecule has 126 valence electrons. The van der Waals surface area contributed by atoms with Gasteiger partial charge in [-0.3, -0.25) is 4.79 Å². The molecule has 2 saturated heterocycles. The Bertz CT molecular complexity index is 699. The van der Waals surface area contributed by atoms with E-state index in [1.165, 1.54) is 0 Å². The predicted molar refractivity (Wildman–Crippen MR) is 87.2 cm³/mol. The maximum atomic E-state index is 12.6. The lowest BCUT2D eigenvalue weighted by Crippen LogP contribution is -2.36. The molecule has 8 heteroatoms. The van der Waals surface area contributed by atoms with Crippen molar-refractivity contribution >= 4 is 21.7 Å². The number of nitrogens with one attached hydrogen (secondary N) is 1. The molecule has 2 fully saturated rings. The van der Waals surface area contributed by atoms with E-state index in [9.17, 15) is 13.2 Å². The SMILES string of the molecule is Cc1cc(C(=O)N2CCCCC2)nc(NC2CCS(=O)(=O)C2)n1. The van der Waals surface area contributed by atoms with Gasteiger partial charge in [-0.1, -0.05) is 0 Å². The van der Waals surface area contributed by atoms with E-state index >= 15 is 0 Å². The molecule has 3 rings (SSSR count). The average Bonchev–Trinajstić information content (AvgIpc) is 2.85. The second-order valence-corrected chi connectivity index (χ2v) is 8.54. The predicted octanol–water partition coefficient (Wildman–Crippen LogP) is 1.01. The van der Waals surface area contributed by atoms with Crippen LogP contribution in [0.5, 0.6) is 0 Å². The van der Waals surface area contributed by atoms with Crippen molar-refractivity contribution < 1.29 is 13.2 Å². The van der Waals surface area contributed by atoms with E-state index in [0.29, 0.717) is 23.8 Å². The summed E-state index contributed by atoms with van der Waals surface area (Å²) in [5, 5.41) is 3.06. The molecule has 0 saturated carbocycles. The topological polar surface area (TPSA) is 92.3 Å². The molecule has 23 heavy (non-hydrogen) atoms. The third-order valence-corrected chi connectivity index (χ3v) is 6.05. The molecule has 1 aromatic rings. The van der Waals surface area contributed by atoms with Crippen LogP contribution in [-0.2, 0) is 9.84 Å². The van der Waals surface area contributed by atoms with E-state index in [4.69, 9.17) is 0 Å². The first-order valence-electron chi connectivity index (χ1n) is 8.05. The van der Waals surface area contributed by atoms with Crippen LogP contribution in [-0.4, -0.2) is 59.8 Å². The van der Waals surface area contributed by atoms with E-state index in [2.05, 4.69) is 15.3 Å². The van der Waals surface area contributed by atoms with Gasteiger partial charge in [-0.2, -0.15) is 0 Å². The third-order valence-electron chi connectivity index (χ3n) is 4.28. The molecule has 0 radical (unpaired) electrons. The lowest BCUT2D eigenvalue weighted by atomic mass is 10.1. The molecular formula is C15H22N4O3S. The summed E-state index contributed by atoms with van der Waals surface area (Å²) in [6.07, 6.45) is 3.77. The highest BCUT2D eigenvalue weighted by Gasteiger charge is 2.28. The van der Waals surface area contributed by atoms with Gasteiger partial charge in [0.25, 0.3) is 5.91 Å². The van der Waals surface area contributed by atoms with Crippen molar-refractivity contribution in [3.8, 4) is 0 Å². The standard InChI is InChI=1S/C15H22N4O3S/c1-11-9-13(14(20)19-6-3-2-4-7-19)18-15(16-11)17-12-5-8-23(21,22)10-12/h9,12H,2-8,10H2,1H3,(H,16,17,18). The van der Waals surface area contributed by atoms with Crippen LogP contribution in [0.15, 0.2) is 6.07 Å². The Balaban J connectivity index is 1.75. The Kier molecular flexibility index (Phi) is 4.52. The van der Waals surface area contributed by atoms with Crippen molar-refractivity contribution in [2.24, 2.45) is 0 Å². The second kappa shape index (κ2) is 6.43. The Labute approximate surface area is 136 Å². The highest BCUT2D eigenvalue weighted by Crippen LogP contribution is 2.17. The van der Waals surface area contributed by atoms with E-state index in [-0.39, 0.29) is 23.5 Å². The summed E-state index contributed by atoms with van der Waals surface area (Å²) in [7, 11) is -2.96. The Morgan fingerprint density at radius 3 is 2.65 bits per heavy atom. The lowest BCUT2D eigenvalue weighted by molar-refractivity contribution is 0.0718. The van der Waals surface area contributed by atoms with Gasteiger partial charge < -0.3 is 10.2 Å². The fourth-order valence-corrected chi connectivity index (χ4v) is 4.77. The Hall–Kier alpha value is -1.70. The number of amides is 1. The Morgan fingerprint density at radius 1 is 1.26 bits per heavy atom. The highest BCUT2D eigenvalue weighted by molar-refractivity contribution is 7.91. The summed E-state index contributed by atoms with van der Waals surface area (Å²) in [6.45, 7) is 3.35. The quantitative estimate of drug-likeness (QED) is 0.884. The van der Waals surface area contributed by atoms with Crippen molar-refractivity contribution in [2.75, 3.05) is 29.9 Å². The molecule has 3 heterocycles. The number of hydrogen-bond donors (Lipinski definition) is 1. The maximum Gasteiger partial charge on any atom is 0.272 e. The molecule has 1 aromatic heterocycles. The molecule has 1 unspecified atom stereocenters. The molecule has 1 atom stereocenters. The smallest absolute Gasteiger partial charge is 0.272 e. The van der Waals surface area contributed by atoms with E-state index in [1.54, 1.807) is 6.07 Å². The number of sulfone groups is 1. The molecular weight excluding hydrogens is 316 g/mol. The number of carbonyl (C=O) groups excluding carboxylic acids is 1. The summed E-state index contributed by atoms with van der Waals surface area (Å²) in [5.74, 6) is 0.556. The van der Waals surface area contributed by atoms with E-state index in [1.807, 2.05) is 11.8 Å². The zero-order valence-corrected chi connectivity index (χ0v) is 14.1. The van der Waals surface area contributed by atoms with Gasteiger partial charge in [-0.25, -0.2) is 18.4 Å². The zero-order valence-electron chi connectivity index (χ0n) is 13.3. The maximum absolute atomic E-state index is 12.6. The minimum absolute atomic E-state index is 0.0720. The number of rotatable bonds is 3. The summed E-state index contributed by atoms with van der Waals surface area (Å²) >= 11 is 0. The summed E-state index contributed by atoms with van der Waals surface area (Å²) < 4.78 is 23.1. The number of piperidine rings is 1. The largest absolute Gasteiger partial charge is 0.350 e. The number of nitrogens with zero attached hydrogens (tertiary/aromatic N) is 3. The van der Waals surface area contributed by atoms with Crippen molar-refractivity contribution in [3.05, 3.63) is 17.5 Å². The van der Waals surface area contributed by atoms with Crippen LogP contribution in [0.2, 0.25) is 0 Å². The van der Waals surface area contributed by atoms with Gasteiger partial charge in [0.05, 0.1) is 11.5 Å². The molecule has 0 bridgehead atoms. The van der Waals surface area contributed by atoms with Crippen LogP contribution in [0.3, 0.4) is 0 Å². The normalized spacial score (nSPS) is 23.7. The number of aryl methyl sites for hydroxylation is 1. The van der Waals surface area contributed by atoms with Crippen LogP contribution < -0.4 is 5.32 Å².